The van der Waals surface area contributed by atoms with Gasteiger partial charge in [-0.2, -0.15) is 0 Å². The molecule has 3 aliphatic heterocycles. The van der Waals surface area contributed by atoms with Gasteiger partial charge < -0.3 is 24.6 Å². The molecule has 8 heteroatoms. The molecule has 0 spiro atoms. The zero-order chi connectivity index (χ0) is 21.4. The molecule has 31 heavy (non-hydrogen) atoms. The average Bonchev–Trinajstić information content (AvgIpc) is 3.43. The first-order chi connectivity index (χ1) is 15.1. The highest BCUT2D eigenvalue weighted by atomic mass is 19.1. The van der Waals surface area contributed by atoms with Crippen LogP contribution in [-0.4, -0.2) is 44.7 Å². The van der Waals surface area contributed by atoms with Gasteiger partial charge in [0.15, 0.2) is 11.5 Å². The van der Waals surface area contributed by atoms with E-state index in [1.807, 2.05) is 0 Å². The van der Waals surface area contributed by atoms with E-state index in [2.05, 4.69) is 10.2 Å². The van der Waals surface area contributed by atoms with Crippen LogP contribution in [0.15, 0.2) is 36.4 Å². The maximum atomic E-state index is 14.1. The van der Waals surface area contributed by atoms with Gasteiger partial charge in [0.05, 0.1) is 5.92 Å². The van der Waals surface area contributed by atoms with E-state index in [4.69, 9.17) is 9.47 Å². The van der Waals surface area contributed by atoms with E-state index in [1.165, 1.54) is 12.1 Å². The number of hydrogen-bond acceptors (Lipinski definition) is 5. The lowest BCUT2D eigenvalue weighted by Crippen LogP contribution is -2.28. The Labute approximate surface area is 179 Å². The minimum absolute atomic E-state index is 0.106. The van der Waals surface area contributed by atoms with Gasteiger partial charge in [-0.3, -0.25) is 9.59 Å². The Morgan fingerprint density at radius 1 is 1.00 bits per heavy atom. The van der Waals surface area contributed by atoms with Crippen LogP contribution in [0.5, 0.6) is 11.5 Å². The van der Waals surface area contributed by atoms with E-state index < -0.39 is 5.92 Å². The number of amides is 2. The van der Waals surface area contributed by atoms with Crippen molar-refractivity contribution in [1.29, 1.82) is 0 Å². The first-order valence-electron chi connectivity index (χ1n) is 10.6. The number of carbonyl (C=O) groups is 2. The lowest BCUT2D eigenvalue weighted by atomic mass is 10.1. The molecule has 2 fully saturated rings. The Balaban J connectivity index is 1.28. The van der Waals surface area contributed by atoms with Crippen LogP contribution < -0.4 is 24.6 Å². The molecular formula is C23H24FN3O4. The molecule has 0 bridgehead atoms. The highest BCUT2D eigenvalue weighted by molar-refractivity contribution is 6.03. The van der Waals surface area contributed by atoms with Crippen LogP contribution in [0.3, 0.4) is 0 Å². The summed E-state index contributed by atoms with van der Waals surface area (Å²) in [4.78, 5) is 29.1. The molecule has 0 saturated carbocycles. The third-order valence-electron chi connectivity index (χ3n) is 5.95. The first-order valence-corrected chi connectivity index (χ1v) is 10.6. The normalized spacial score (nSPS) is 20.3. The summed E-state index contributed by atoms with van der Waals surface area (Å²) in [5, 5.41) is 2.80. The number of rotatable bonds is 4. The van der Waals surface area contributed by atoms with Crippen molar-refractivity contribution in [1.82, 2.24) is 0 Å². The number of anilines is 3. The summed E-state index contributed by atoms with van der Waals surface area (Å²) >= 11 is 0. The number of nitrogens with zero attached hydrogens (tertiary/aromatic N) is 2. The van der Waals surface area contributed by atoms with Gasteiger partial charge >= 0.3 is 0 Å². The number of fused-ring (bicyclic) bond motifs is 1. The molecular weight excluding hydrogens is 401 g/mol. The summed E-state index contributed by atoms with van der Waals surface area (Å²) in [5.74, 6) is -0.0750. The number of halogens is 1. The Kier molecular flexibility index (Phi) is 5.13. The molecule has 162 valence electrons. The van der Waals surface area contributed by atoms with Crippen molar-refractivity contribution >= 4 is 28.9 Å². The van der Waals surface area contributed by atoms with Crippen LogP contribution in [0.1, 0.15) is 19.3 Å². The molecule has 2 saturated heterocycles. The van der Waals surface area contributed by atoms with Crippen LogP contribution in [0.2, 0.25) is 0 Å². The molecule has 0 aromatic heterocycles. The first kappa shape index (κ1) is 19.7. The molecule has 1 atom stereocenters. The Bertz CT molecular complexity index is 1020. The zero-order valence-corrected chi connectivity index (χ0v) is 17.1. The summed E-state index contributed by atoms with van der Waals surface area (Å²) < 4.78 is 25.2. The summed E-state index contributed by atoms with van der Waals surface area (Å²) in [6.45, 7) is 2.99. The van der Waals surface area contributed by atoms with Gasteiger partial charge in [0.2, 0.25) is 11.8 Å². The fourth-order valence-corrected chi connectivity index (χ4v) is 4.38. The van der Waals surface area contributed by atoms with Crippen molar-refractivity contribution in [2.24, 2.45) is 5.92 Å². The smallest absolute Gasteiger partial charge is 0.229 e. The number of hydrogen-bond donors (Lipinski definition) is 1. The molecule has 2 aromatic rings. The molecule has 5 rings (SSSR count). The van der Waals surface area contributed by atoms with Gasteiger partial charge in [0.25, 0.3) is 0 Å². The predicted molar refractivity (Wildman–Crippen MR) is 114 cm³/mol. The summed E-state index contributed by atoms with van der Waals surface area (Å²) in [5.41, 5.74) is 1.86. The number of nitrogens with one attached hydrogen (secondary N) is 1. The second-order valence-electron chi connectivity index (χ2n) is 8.11. The fraction of sp³-hybridized carbons (Fsp3) is 0.391. The topological polar surface area (TPSA) is 71.1 Å². The molecule has 1 N–H and O–H groups in total. The van der Waals surface area contributed by atoms with Crippen molar-refractivity contribution in [2.45, 2.75) is 19.3 Å². The number of benzene rings is 2. The van der Waals surface area contributed by atoms with Gasteiger partial charge in [-0.25, -0.2) is 4.39 Å². The summed E-state index contributed by atoms with van der Waals surface area (Å²) in [6, 6.07) is 9.93. The monoisotopic (exact) mass is 425 g/mol. The molecule has 3 aliphatic rings. The van der Waals surface area contributed by atoms with Crippen LogP contribution in [-0.2, 0) is 9.59 Å². The lowest BCUT2D eigenvalue weighted by molar-refractivity contribution is -0.122. The lowest BCUT2D eigenvalue weighted by Gasteiger charge is -2.22. The van der Waals surface area contributed by atoms with E-state index in [0.717, 1.165) is 31.6 Å². The van der Waals surface area contributed by atoms with Crippen molar-refractivity contribution in [3.8, 4) is 11.5 Å². The second-order valence-corrected chi connectivity index (χ2v) is 8.11. The zero-order valence-electron chi connectivity index (χ0n) is 17.1. The van der Waals surface area contributed by atoms with Gasteiger partial charge in [-0.15, -0.1) is 0 Å². The van der Waals surface area contributed by atoms with Crippen molar-refractivity contribution in [3.05, 3.63) is 42.2 Å². The molecule has 1 unspecified atom stereocenters. The average molecular weight is 425 g/mol. The third-order valence-corrected chi connectivity index (χ3v) is 5.95. The minimum atomic E-state index is -0.515. The van der Waals surface area contributed by atoms with E-state index in [1.54, 1.807) is 29.2 Å². The summed E-state index contributed by atoms with van der Waals surface area (Å²) in [7, 11) is 0. The van der Waals surface area contributed by atoms with Crippen molar-refractivity contribution in [2.75, 3.05) is 48.0 Å². The van der Waals surface area contributed by atoms with E-state index in [9.17, 15) is 14.0 Å². The Morgan fingerprint density at radius 2 is 1.77 bits per heavy atom. The second kappa shape index (κ2) is 8.09. The van der Waals surface area contributed by atoms with Crippen LogP contribution in [0.25, 0.3) is 0 Å². The molecule has 0 radical (unpaired) electrons. The van der Waals surface area contributed by atoms with Crippen LogP contribution in [0.4, 0.5) is 21.5 Å². The predicted octanol–water partition coefficient (Wildman–Crippen LogP) is 3.19. The van der Waals surface area contributed by atoms with Gasteiger partial charge in [-0.1, -0.05) is 0 Å². The van der Waals surface area contributed by atoms with E-state index in [0.29, 0.717) is 36.1 Å². The van der Waals surface area contributed by atoms with Gasteiger partial charge in [0, 0.05) is 49.2 Å². The maximum Gasteiger partial charge on any atom is 0.229 e. The molecule has 3 heterocycles. The summed E-state index contributed by atoms with van der Waals surface area (Å²) in [6.07, 6.45) is 2.27. The standard InChI is InChI=1S/C23H24FN3O4/c24-16-10-17(12-19(11-16)26-5-1-2-6-26)25-23(29)15-9-22(28)27(14-15)18-3-4-20-21(13-18)31-8-7-30-20/h3-4,10-13,15H,1-2,5-9,14H2,(H,25,29). The van der Waals surface area contributed by atoms with Crippen molar-refractivity contribution in [3.63, 3.8) is 0 Å². The molecule has 2 aromatic carbocycles. The number of carbonyl (C=O) groups excluding carboxylic acids is 2. The van der Waals surface area contributed by atoms with E-state index >= 15 is 0 Å². The SMILES string of the molecule is O=C(Nc1cc(F)cc(N2CCCC2)c1)C1CC(=O)N(c2ccc3c(c2)OCCO3)C1. The van der Waals surface area contributed by atoms with Crippen molar-refractivity contribution < 1.29 is 23.5 Å². The highest BCUT2D eigenvalue weighted by Gasteiger charge is 2.35. The van der Waals surface area contributed by atoms with E-state index in [-0.39, 0.29) is 30.6 Å². The molecule has 0 aliphatic carbocycles. The molecule has 2 amide bonds. The fourth-order valence-electron chi connectivity index (χ4n) is 4.38. The van der Waals surface area contributed by atoms with Gasteiger partial charge in [0.1, 0.15) is 19.0 Å². The Morgan fingerprint density at radius 3 is 2.58 bits per heavy atom. The third kappa shape index (κ3) is 4.02. The maximum absolute atomic E-state index is 14.1. The van der Waals surface area contributed by atoms with Crippen LogP contribution in [0, 0.1) is 11.7 Å². The molecule has 7 nitrogen and oxygen atoms in total. The minimum Gasteiger partial charge on any atom is -0.486 e. The Hall–Kier alpha value is -3.29. The quantitative estimate of drug-likeness (QED) is 0.815. The van der Waals surface area contributed by atoms with Gasteiger partial charge in [-0.05, 0) is 43.2 Å². The number of ether oxygens (including phenoxy) is 2. The highest BCUT2D eigenvalue weighted by Crippen LogP contribution is 2.36. The van der Waals surface area contributed by atoms with Crippen LogP contribution >= 0.6 is 0 Å². The largest absolute Gasteiger partial charge is 0.486 e.